The van der Waals surface area contributed by atoms with Gasteiger partial charge in [0.05, 0.1) is 0 Å². The van der Waals surface area contributed by atoms with E-state index in [1.165, 1.54) is 0 Å². The van der Waals surface area contributed by atoms with Gasteiger partial charge in [0, 0.05) is 10.9 Å². The minimum absolute atomic E-state index is 0.0490. The first-order valence-electron chi connectivity index (χ1n) is 5.16. The minimum Gasteiger partial charge on any atom is -0.481 e. The highest BCUT2D eigenvalue weighted by atomic mass is 32.1. The number of aliphatic carboxylic acids is 1. The van der Waals surface area contributed by atoms with E-state index in [-0.39, 0.29) is 6.04 Å². The SMILES string of the molecule is CCc1ccsc1C1(C(=O)O)CC(N)C1. The fraction of sp³-hybridized carbons (Fsp3) is 0.545. The summed E-state index contributed by atoms with van der Waals surface area (Å²) in [7, 11) is 0. The number of carboxylic acids is 1. The Morgan fingerprint density at radius 2 is 2.40 bits per heavy atom. The van der Waals surface area contributed by atoms with Gasteiger partial charge in [-0.25, -0.2) is 0 Å². The normalized spacial score (nSPS) is 29.9. The first-order valence-corrected chi connectivity index (χ1v) is 6.04. The minimum atomic E-state index is -0.721. The van der Waals surface area contributed by atoms with Crippen LogP contribution >= 0.6 is 11.3 Å². The number of hydrogen-bond donors (Lipinski definition) is 2. The number of carboxylic acid groups (broad SMARTS) is 1. The predicted molar refractivity (Wildman–Crippen MR) is 60.2 cm³/mol. The summed E-state index contributed by atoms with van der Waals surface area (Å²) in [5.74, 6) is -0.721. The lowest BCUT2D eigenvalue weighted by atomic mass is 9.64. The van der Waals surface area contributed by atoms with E-state index in [1.54, 1.807) is 11.3 Å². The van der Waals surface area contributed by atoms with E-state index in [0.717, 1.165) is 16.9 Å². The summed E-state index contributed by atoms with van der Waals surface area (Å²) in [4.78, 5) is 12.4. The van der Waals surface area contributed by atoms with Crippen molar-refractivity contribution >= 4 is 17.3 Å². The van der Waals surface area contributed by atoms with Gasteiger partial charge in [-0.1, -0.05) is 6.92 Å². The monoisotopic (exact) mass is 225 g/mol. The Morgan fingerprint density at radius 3 is 2.87 bits per heavy atom. The molecule has 0 amide bonds. The molecule has 82 valence electrons. The van der Waals surface area contributed by atoms with E-state index in [1.807, 2.05) is 11.4 Å². The Bertz CT molecular complexity index is 380. The van der Waals surface area contributed by atoms with Crippen LogP contribution in [0.15, 0.2) is 11.4 Å². The summed E-state index contributed by atoms with van der Waals surface area (Å²) in [6.07, 6.45) is 2.05. The molecule has 1 saturated carbocycles. The summed E-state index contributed by atoms with van der Waals surface area (Å²) in [5.41, 5.74) is 6.21. The zero-order chi connectivity index (χ0) is 11.1. The molecule has 0 unspecified atom stereocenters. The van der Waals surface area contributed by atoms with Gasteiger partial charge in [0.2, 0.25) is 0 Å². The molecule has 0 radical (unpaired) electrons. The van der Waals surface area contributed by atoms with Crippen molar-refractivity contribution in [1.29, 1.82) is 0 Å². The molecule has 4 heteroatoms. The topological polar surface area (TPSA) is 63.3 Å². The number of aryl methyl sites for hydroxylation is 1. The molecule has 0 aliphatic heterocycles. The van der Waals surface area contributed by atoms with Gasteiger partial charge in [-0.3, -0.25) is 4.79 Å². The van der Waals surface area contributed by atoms with Crippen LogP contribution in [-0.4, -0.2) is 17.1 Å². The standard InChI is InChI=1S/C11H15NO2S/c1-2-7-3-4-15-9(7)11(10(13)14)5-8(12)6-11/h3-4,8H,2,5-6,12H2,1H3,(H,13,14). The molecule has 0 spiro atoms. The average molecular weight is 225 g/mol. The lowest BCUT2D eigenvalue weighted by Crippen LogP contribution is -2.54. The molecule has 1 aromatic rings. The molecule has 3 N–H and O–H groups in total. The van der Waals surface area contributed by atoms with Crippen molar-refractivity contribution in [3.63, 3.8) is 0 Å². The molecule has 0 aromatic carbocycles. The third-order valence-corrected chi connectivity index (χ3v) is 4.35. The molecular weight excluding hydrogens is 210 g/mol. The van der Waals surface area contributed by atoms with Crippen LogP contribution < -0.4 is 5.73 Å². The molecule has 3 nitrogen and oxygen atoms in total. The van der Waals surface area contributed by atoms with E-state index in [9.17, 15) is 9.90 Å². The highest BCUT2D eigenvalue weighted by Crippen LogP contribution is 2.46. The zero-order valence-electron chi connectivity index (χ0n) is 8.69. The fourth-order valence-electron chi connectivity index (χ4n) is 2.33. The Balaban J connectivity index is 2.38. The van der Waals surface area contributed by atoms with Crippen LogP contribution in [0.1, 0.15) is 30.2 Å². The second kappa shape index (κ2) is 3.61. The van der Waals surface area contributed by atoms with Gasteiger partial charge >= 0.3 is 5.97 Å². The molecule has 1 heterocycles. The lowest BCUT2D eigenvalue weighted by Gasteiger charge is -2.42. The molecule has 0 atom stereocenters. The molecule has 2 rings (SSSR count). The van der Waals surface area contributed by atoms with Crippen molar-refractivity contribution in [2.45, 2.75) is 37.6 Å². The maximum atomic E-state index is 11.4. The van der Waals surface area contributed by atoms with Crippen LogP contribution in [0.4, 0.5) is 0 Å². The molecule has 15 heavy (non-hydrogen) atoms. The van der Waals surface area contributed by atoms with Crippen molar-refractivity contribution in [3.8, 4) is 0 Å². The molecule has 0 saturated heterocycles. The Hall–Kier alpha value is -0.870. The summed E-state index contributed by atoms with van der Waals surface area (Å²) in [6, 6.07) is 2.07. The summed E-state index contributed by atoms with van der Waals surface area (Å²) < 4.78 is 0. The van der Waals surface area contributed by atoms with Crippen LogP contribution in [0.2, 0.25) is 0 Å². The molecule has 1 aromatic heterocycles. The largest absolute Gasteiger partial charge is 0.481 e. The third-order valence-electron chi connectivity index (χ3n) is 3.19. The Labute approximate surface area is 92.9 Å². The van der Waals surface area contributed by atoms with E-state index in [2.05, 4.69) is 6.92 Å². The van der Waals surface area contributed by atoms with E-state index < -0.39 is 11.4 Å². The van der Waals surface area contributed by atoms with Crippen molar-refractivity contribution in [3.05, 3.63) is 21.9 Å². The number of nitrogens with two attached hydrogens (primary N) is 1. The van der Waals surface area contributed by atoms with Crippen molar-refractivity contribution in [2.75, 3.05) is 0 Å². The molecule has 1 fully saturated rings. The summed E-state index contributed by atoms with van der Waals surface area (Å²) >= 11 is 1.55. The first-order chi connectivity index (χ1) is 7.10. The van der Waals surface area contributed by atoms with Crippen LogP contribution in [0.25, 0.3) is 0 Å². The Kier molecular flexibility index (Phi) is 2.56. The van der Waals surface area contributed by atoms with Gasteiger partial charge in [0.25, 0.3) is 0 Å². The van der Waals surface area contributed by atoms with E-state index >= 15 is 0 Å². The number of hydrogen-bond acceptors (Lipinski definition) is 3. The van der Waals surface area contributed by atoms with Crippen molar-refractivity contribution in [1.82, 2.24) is 0 Å². The number of rotatable bonds is 3. The lowest BCUT2D eigenvalue weighted by molar-refractivity contribution is -0.148. The van der Waals surface area contributed by atoms with Crippen LogP contribution in [0.5, 0.6) is 0 Å². The first kappa shape index (κ1) is 10.6. The maximum absolute atomic E-state index is 11.4. The van der Waals surface area contributed by atoms with Gasteiger partial charge in [-0.15, -0.1) is 11.3 Å². The van der Waals surface area contributed by atoms with Crippen molar-refractivity contribution in [2.24, 2.45) is 5.73 Å². The number of thiophene rings is 1. The van der Waals surface area contributed by atoms with Crippen LogP contribution in [0, 0.1) is 0 Å². The highest BCUT2D eigenvalue weighted by molar-refractivity contribution is 7.10. The van der Waals surface area contributed by atoms with Gasteiger partial charge in [0.15, 0.2) is 0 Å². The number of carbonyl (C=O) groups is 1. The van der Waals surface area contributed by atoms with Crippen LogP contribution in [-0.2, 0) is 16.6 Å². The van der Waals surface area contributed by atoms with Gasteiger partial charge in [-0.05, 0) is 36.3 Å². The van der Waals surface area contributed by atoms with Crippen LogP contribution in [0.3, 0.4) is 0 Å². The quantitative estimate of drug-likeness (QED) is 0.823. The predicted octanol–water partition coefficient (Wildman–Crippen LogP) is 1.75. The average Bonchev–Trinajstić information content (AvgIpc) is 2.59. The summed E-state index contributed by atoms with van der Waals surface area (Å²) in [6.45, 7) is 2.06. The molecule has 1 aliphatic rings. The molecule has 0 bridgehead atoms. The third kappa shape index (κ3) is 1.48. The van der Waals surface area contributed by atoms with Gasteiger partial charge in [0.1, 0.15) is 5.41 Å². The maximum Gasteiger partial charge on any atom is 0.315 e. The second-order valence-electron chi connectivity index (χ2n) is 4.18. The summed E-state index contributed by atoms with van der Waals surface area (Å²) in [5, 5.41) is 11.3. The highest BCUT2D eigenvalue weighted by Gasteiger charge is 2.52. The smallest absolute Gasteiger partial charge is 0.315 e. The Morgan fingerprint density at radius 1 is 1.73 bits per heavy atom. The zero-order valence-corrected chi connectivity index (χ0v) is 9.51. The fourth-order valence-corrected chi connectivity index (χ4v) is 3.54. The van der Waals surface area contributed by atoms with Gasteiger partial charge < -0.3 is 10.8 Å². The van der Waals surface area contributed by atoms with E-state index in [0.29, 0.717) is 12.8 Å². The van der Waals surface area contributed by atoms with E-state index in [4.69, 9.17) is 5.73 Å². The van der Waals surface area contributed by atoms with Gasteiger partial charge in [-0.2, -0.15) is 0 Å². The van der Waals surface area contributed by atoms with Crippen molar-refractivity contribution < 1.29 is 9.90 Å². The second-order valence-corrected chi connectivity index (χ2v) is 5.10. The molecule has 1 aliphatic carbocycles. The molecular formula is C11H15NO2S.